The molecule has 13 heteroatoms. The summed E-state index contributed by atoms with van der Waals surface area (Å²) >= 11 is 0.273. The Labute approximate surface area is 205 Å². The van der Waals surface area contributed by atoms with E-state index in [0.29, 0.717) is 17.1 Å². The number of thioether (sulfide) groups is 1. The molecule has 0 heterocycles. The van der Waals surface area contributed by atoms with E-state index < -0.39 is 65.7 Å². The summed E-state index contributed by atoms with van der Waals surface area (Å²) in [6.07, 6.45) is -5.46. The number of rotatable bonds is 14. The highest BCUT2D eigenvalue weighted by Gasteiger charge is 2.32. The number of carboxylic acid groups (broad SMARTS) is 1. The summed E-state index contributed by atoms with van der Waals surface area (Å²) in [5.41, 5.74) is 0.493. The number of hydrogen-bond acceptors (Lipinski definition) is 7. The monoisotopic (exact) mass is 522 g/mol. The van der Waals surface area contributed by atoms with Gasteiger partial charge in [-0.2, -0.15) is 13.2 Å². The number of methoxy groups -OCH3 is 2. The van der Waals surface area contributed by atoms with Gasteiger partial charge in [0.25, 0.3) is 0 Å². The number of carboxylic acids is 1. The summed E-state index contributed by atoms with van der Waals surface area (Å²) in [4.78, 5) is 48.9. The summed E-state index contributed by atoms with van der Waals surface area (Å²) in [5, 5.41) is 13.9. The minimum Gasteiger partial charge on any atom is -0.497 e. The molecule has 0 fully saturated rings. The maximum Gasteiger partial charge on any atom is 0.397 e. The Balaban J connectivity index is 2.91. The van der Waals surface area contributed by atoms with Crippen LogP contribution in [0.3, 0.4) is 0 Å². The number of benzene rings is 1. The average molecular weight is 523 g/mol. The Bertz CT molecular complexity index is 910. The number of ketones is 1. The molecule has 196 valence electrons. The van der Waals surface area contributed by atoms with E-state index >= 15 is 0 Å². The van der Waals surface area contributed by atoms with Gasteiger partial charge in [-0.3, -0.25) is 19.2 Å². The van der Waals surface area contributed by atoms with Crippen LogP contribution < -0.4 is 20.1 Å². The molecule has 35 heavy (non-hydrogen) atoms. The summed E-state index contributed by atoms with van der Waals surface area (Å²) in [6.45, 7) is 3.26. The van der Waals surface area contributed by atoms with Crippen LogP contribution in [0.4, 0.5) is 13.2 Å². The lowest BCUT2D eigenvalue weighted by molar-refractivity contribution is -0.140. The minimum atomic E-state index is -4.49. The molecule has 1 rings (SSSR count). The van der Waals surface area contributed by atoms with Crippen LogP contribution in [0.1, 0.15) is 25.8 Å². The van der Waals surface area contributed by atoms with Gasteiger partial charge < -0.3 is 25.2 Å². The fourth-order valence-corrected chi connectivity index (χ4v) is 3.74. The first-order valence-electron chi connectivity index (χ1n) is 10.5. The average Bonchev–Trinajstić information content (AvgIpc) is 2.75. The Morgan fingerprint density at radius 1 is 1.09 bits per heavy atom. The van der Waals surface area contributed by atoms with Crippen LogP contribution in [0, 0.1) is 5.92 Å². The van der Waals surface area contributed by atoms with Crippen LogP contribution in [0.2, 0.25) is 0 Å². The number of Topliss-reactive ketones (excluding diaryl/α,β-unsaturated/α-hetero) is 1. The molecule has 0 radical (unpaired) electrons. The van der Waals surface area contributed by atoms with Gasteiger partial charge in [0.05, 0.1) is 44.6 Å². The van der Waals surface area contributed by atoms with E-state index in [2.05, 4.69) is 10.6 Å². The van der Waals surface area contributed by atoms with Crippen molar-refractivity contribution in [3.63, 3.8) is 0 Å². The molecular formula is C22H29F3N2O7S. The van der Waals surface area contributed by atoms with Crippen LogP contribution in [-0.2, 0) is 25.6 Å². The number of halogens is 3. The van der Waals surface area contributed by atoms with Gasteiger partial charge in [0, 0.05) is 5.56 Å². The van der Waals surface area contributed by atoms with E-state index in [-0.39, 0.29) is 18.2 Å². The molecule has 1 unspecified atom stereocenters. The van der Waals surface area contributed by atoms with Crippen molar-refractivity contribution in [3.05, 3.63) is 23.8 Å². The smallest absolute Gasteiger partial charge is 0.397 e. The van der Waals surface area contributed by atoms with Gasteiger partial charge in [0.2, 0.25) is 11.8 Å². The fraction of sp³-hybridized carbons (Fsp3) is 0.545. The van der Waals surface area contributed by atoms with E-state index in [0.717, 1.165) is 0 Å². The molecule has 0 aliphatic carbocycles. The topological polar surface area (TPSA) is 131 Å². The first-order chi connectivity index (χ1) is 16.3. The Morgan fingerprint density at radius 3 is 2.26 bits per heavy atom. The lowest BCUT2D eigenvalue weighted by atomic mass is 10.0. The Hall–Kier alpha value is -2.96. The number of alkyl halides is 3. The standard InChI is InChI=1S/C22H29F3N2O7S/c1-12(2)20(27-18(29)8-13-7-14(33-3)5-6-17(13)34-4)21(32)26-15(9-19(30)31)16(28)10-35-11-22(23,24)25/h5-7,12,15,20H,8-11H2,1-4H3,(H,26,32)(H,27,29)(H,30,31)/t15?,20-/m0/s1. The number of amides is 2. The second-order valence-electron chi connectivity index (χ2n) is 7.88. The van der Waals surface area contributed by atoms with Crippen LogP contribution >= 0.6 is 11.8 Å². The molecule has 9 nitrogen and oxygen atoms in total. The van der Waals surface area contributed by atoms with E-state index in [1.165, 1.54) is 14.2 Å². The predicted octanol–water partition coefficient (Wildman–Crippen LogP) is 2.21. The molecule has 3 N–H and O–H groups in total. The maximum absolute atomic E-state index is 12.8. The molecule has 0 spiro atoms. The molecule has 0 saturated carbocycles. The number of carbonyl (C=O) groups is 4. The van der Waals surface area contributed by atoms with E-state index in [9.17, 15) is 32.3 Å². The van der Waals surface area contributed by atoms with Gasteiger partial charge in [0.1, 0.15) is 17.5 Å². The summed E-state index contributed by atoms with van der Waals surface area (Å²) in [5.74, 6) is -5.12. The molecule has 0 aliphatic rings. The largest absolute Gasteiger partial charge is 0.497 e. The zero-order valence-corrected chi connectivity index (χ0v) is 20.5. The molecule has 2 atom stereocenters. The first-order valence-corrected chi connectivity index (χ1v) is 11.6. The van der Waals surface area contributed by atoms with E-state index in [1.807, 2.05) is 0 Å². The van der Waals surface area contributed by atoms with Crippen molar-refractivity contribution >= 4 is 35.3 Å². The van der Waals surface area contributed by atoms with Crippen molar-refractivity contribution in [2.75, 3.05) is 25.7 Å². The number of carbonyl (C=O) groups excluding carboxylic acids is 3. The molecule has 1 aromatic carbocycles. The molecule has 1 aromatic rings. The van der Waals surface area contributed by atoms with Gasteiger partial charge >= 0.3 is 12.1 Å². The number of ether oxygens (including phenoxy) is 2. The van der Waals surface area contributed by atoms with E-state index in [4.69, 9.17) is 14.6 Å². The molecule has 2 amide bonds. The van der Waals surface area contributed by atoms with E-state index in [1.54, 1.807) is 32.0 Å². The number of aliphatic carboxylic acids is 1. The third-order valence-electron chi connectivity index (χ3n) is 4.70. The van der Waals surface area contributed by atoms with Crippen molar-refractivity contribution < 1.29 is 46.9 Å². The third kappa shape index (κ3) is 10.9. The Kier molecular flexibility index (Phi) is 11.9. The summed E-state index contributed by atoms with van der Waals surface area (Å²) in [7, 11) is 2.89. The van der Waals surface area contributed by atoms with Crippen LogP contribution in [0.25, 0.3) is 0 Å². The second-order valence-corrected chi connectivity index (χ2v) is 8.86. The lowest BCUT2D eigenvalue weighted by Gasteiger charge is -2.25. The lowest BCUT2D eigenvalue weighted by Crippen LogP contribution is -2.54. The second kappa shape index (κ2) is 13.8. The quantitative estimate of drug-likeness (QED) is 0.339. The van der Waals surface area contributed by atoms with Gasteiger partial charge in [-0.25, -0.2) is 0 Å². The Morgan fingerprint density at radius 2 is 1.74 bits per heavy atom. The first kappa shape index (κ1) is 30.1. The van der Waals surface area contributed by atoms with Crippen molar-refractivity contribution in [1.29, 1.82) is 0 Å². The van der Waals surface area contributed by atoms with Crippen molar-refractivity contribution in [2.24, 2.45) is 5.92 Å². The zero-order valence-electron chi connectivity index (χ0n) is 19.7. The maximum atomic E-state index is 12.8. The number of hydrogen-bond donors (Lipinski definition) is 3. The summed E-state index contributed by atoms with van der Waals surface area (Å²) in [6, 6.07) is 2.19. The highest BCUT2D eigenvalue weighted by molar-refractivity contribution is 8.00. The molecular weight excluding hydrogens is 493 g/mol. The molecule has 0 aliphatic heterocycles. The SMILES string of the molecule is COc1ccc(OC)c(CC(=O)N[C@H](C(=O)NC(CC(=O)O)C(=O)CSCC(F)(F)F)C(C)C)c1. The van der Waals surface area contributed by atoms with Gasteiger partial charge in [-0.1, -0.05) is 13.8 Å². The van der Waals surface area contributed by atoms with Gasteiger partial charge in [-0.15, -0.1) is 11.8 Å². The highest BCUT2D eigenvalue weighted by Crippen LogP contribution is 2.24. The van der Waals surface area contributed by atoms with Crippen LogP contribution in [0.15, 0.2) is 18.2 Å². The summed E-state index contributed by atoms with van der Waals surface area (Å²) < 4.78 is 47.4. The number of nitrogens with one attached hydrogen (secondary N) is 2. The van der Waals surface area contributed by atoms with Crippen LogP contribution in [0.5, 0.6) is 11.5 Å². The normalized spacial score (nSPS) is 13.0. The molecule has 0 saturated heterocycles. The van der Waals surface area contributed by atoms with Crippen molar-refractivity contribution in [1.82, 2.24) is 10.6 Å². The zero-order chi connectivity index (χ0) is 26.8. The van der Waals surface area contributed by atoms with Crippen molar-refractivity contribution in [3.8, 4) is 11.5 Å². The highest BCUT2D eigenvalue weighted by atomic mass is 32.2. The van der Waals surface area contributed by atoms with Crippen molar-refractivity contribution in [2.45, 2.75) is 44.9 Å². The molecule has 0 aromatic heterocycles. The predicted molar refractivity (Wildman–Crippen MR) is 123 cm³/mol. The minimum absolute atomic E-state index is 0.164. The molecule has 0 bridgehead atoms. The van der Waals surface area contributed by atoms with Gasteiger partial charge in [0.15, 0.2) is 5.78 Å². The fourth-order valence-electron chi connectivity index (χ4n) is 3.00. The third-order valence-corrected chi connectivity index (χ3v) is 5.72. The van der Waals surface area contributed by atoms with Crippen LogP contribution in [-0.4, -0.2) is 72.7 Å². The van der Waals surface area contributed by atoms with Gasteiger partial charge in [-0.05, 0) is 24.1 Å².